The van der Waals surface area contributed by atoms with E-state index in [1.165, 1.54) is 41.0 Å². The molecule has 0 aromatic heterocycles. The number of hydrogen-bond donors (Lipinski definition) is 0. The predicted molar refractivity (Wildman–Crippen MR) is 109 cm³/mol. The second kappa shape index (κ2) is 6.73. The van der Waals surface area contributed by atoms with Crippen molar-refractivity contribution in [1.29, 1.82) is 0 Å². The smallest absolute Gasteiger partial charge is 0.0464 e. The summed E-state index contributed by atoms with van der Waals surface area (Å²) in [6.45, 7) is 0. The summed E-state index contributed by atoms with van der Waals surface area (Å²) in [6, 6.07) is 15.4. The van der Waals surface area contributed by atoms with E-state index >= 15 is 0 Å². The zero-order valence-electron chi connectivity index (χ0n) is 13.2. The lowest BCUT2D eigenvalue weighted by Gasteiger charge is -2.29. The van der Waals surface area contributed by atoms with E-state index < -0.39 is 0 Å². The minimum Gasteiger partial charge on any atom is -0.311 e. The first-order valence-electron chi connectivity index (χ1n) is 8.12. The number of hydrogen-bond acceptors (Lipinski definition) is 1. The van der Waals surface area contributed by atoms with Gasteiger partial charge in [-0.1, -0.05) is 50.1 Å². The van der Waals surface area contributed by atoms with Crippen LogP contribution in [0.25, 0.3) is 0 Å². The molecule has 0 amide bonds. The molecule has 2 aromatic rings. The maximum Gasteiger partial charge on any atom is 0.0464 e. The van der Waals surface area contributed by atoms with Gasteiger partial charge in [0.2, 0.25) is 0 Å². The summed E-state index contributed by atoms with van der Waals surface area (Å²) in [4.78, 5) is 2.33. The Labute approximate surface area is 159 Å². The Morgan fingerprint density at radius 2 is 1.50 bits per heavy atom. The van der Waals surface area contributed by atoms with E-state index in [2.05, 4.69) is 104 Å². The van der Waals surface area contributed by atoms with Crippen molar-refractivity contribution in [3.05, 3.63) is 92.5 Å². The Morgan fingerprint density at radius 3 is 2.21 bits per heavy atom. The normalized spacial score (nSPS) is 15.8. The van der Waals surface area contributed by atoms with Crippen LogP contribution in [0.5, 0.6) is 0 Å². The van der Waals surface area contributed by atoms with Gasteiger partial charge in [-0.3, -0.25) is 0 Å². The quantitative estimate of drug-likeness (QED) is 0.504. The van der Waals surface area contributed by atoms with Crippen LogP contribution in [0.2, 0.25) is 0 Å². The average molecular weight is 443 g/mol. The van der Waals surface area contributed by atoms with E-state index in [-0.39, 0.29) is 0 Å². The summed E-state index contributed by atoms with van der Waals surface area (Å²) in [5.41, 5.74) is 6.56. The molecule has 2 aromatic carbocycles. The maximum absolute atomic E-state index is 3.58. The van der Waals surface area contributed by atoms with Crippen molar-refractivity contribution < 1.29 is 0 Å². The molecular weight excluding hydrogens is 426 g/mol. The van der Waals surface area contributed by atoms with E-state index in [4.69, 9.17) is 0 Å². The fourth-order valence-corrected chi connectivity index (χ4v) is 3.70. The third-order valence-electron chi connectivity index (χ3n) is 4.51. The van der Waals surface area contributed by atoms with Gasteiger partial charge in [0.25, 0.3) is 0 Å². The summed E-state index contributed by atoms with van der Waals surface area (Å²) in [5.74, 6) is 0. The standard InChI is InChI=1S/C21H17Br2N/c22-17-2-1-3-19(11-7-17)24(20-12-8-18(23)9-13-20)21-10-6-15-4-5-16(15)14-21/h2-3,6-14H,1,4-5H2. The first-order chi connectivity index (χ1) is 11.7. The molecule has 1 nitrogen and oxygen atoms in total. The van der Waals surface area contributed by atoms with E-state index in [1.54, 1.807) is 0 Å². The highest BCUT2D eigenvalue weighted by Gasteiger charge is 2.18. The van der Waals surface area contributed by atoms with Gasteiger partial charge >= 0.3 is 0 Å². The van der Waals surface area contributed by atoms with Gasteiger partial charge in [0.15, 0.2) is 0 Å². The lowest BCUT2D eigenvalue weighted by molar-refractivity contribution is 0.838. The van der Waals surface area contributed by atoms with Gasteiger partial charge in [-0.15, -0.1) is 0 Å². The summed E-state index contributed by atoms with van der Waals surface area (Å²) >= 11 is 7.12. The first-order valence-corrected chi connectivity index (χ1v) is 9.71. The third kappa shape index (κ3) is 3.15. The molecule has 24 heavy (non-hydrogen) atoms. The number of nitrogens with zero attached hydrogens (tertiary/aromatic N) is 1. The molecule has 0 spiro atoms. The second-order valence-corrected chi connectivity index (χ2v) is 7.88. The highest BCUT2D eigenvalue weighted by atomic mass is 79.9. The van der Waals surface area contributed by atoms with Crippen LogP contribution in [0.15, 0.2) is 81.4 Å². The zero-order valence-corrected chi connectivity index (χ0v) is 16.3. The van der Waals surface area contributed by atoms with Crippen LogP contribution in [0, 0.1) is 0 Å². The Bertz CT molecular complexity index is 860. The Hall–Kier alpha value is -1.58. The summed E-state index contributed by atoms with van der Waals surface area (Å²) in [6.07, 6.45) is 12.1. The van der Waals surface area contributed by atoms with Crippen LogP contribution in [-0.4, -0.2) is 0 Å². The highest BCUT2D eigenvalue weighted by Crippen LogP contribution is 2.36. The number of rotatable bonds is 3. The molecule has 2 aliphatic rings. The monoisotopic (exact) mass is 441 g/mol. The average Bonchev–Trinajstić information content (AvgIpc) is 2.77. The van der Waals surface area contributed by atoms with Crippen molar-refractivity contribution in [3.8, 4) is 0 Å². The third-order valence-corrected chi connectivity index (χ3v) is 5.62. The largest absolute Gasteiger partial charge is 0.311 e. The minimum absolute atomic E-state index is 0.918. The Kier molecular flexibility index (Phi) is 4.47. The number of anilines is 2. The van der Waals surface area contributed by atoms with Gasteiger partial charge in [-0.05, 0) is 78.9 Å². The number of fused-ring (bicyclic) bond motifs is 1. The van der Waals surface area contributed by atoms with Gasteiger partial charge in [0, 0.05) is 26.0 Å². The zero-order chi connectivity index (χ0) is 16.5. The van der Waals surface area contributed by atoms with Crippen LogP contribution in [0.1, 0.15) is 17.5 Å². The second-order valence-electron chi connectivity index (χ2n) is 6.05. The summed E-state index contributed by atoms with van der Waals surface area (Å²) in [7, 11) is 0. The van der Waals surface area contributed by atoms with Gasteiger partial charge in [0.05, 0.1) is 0 Å². The molecule has 0 heterocycles. The van der Waals surface area contributed by atoms with Gasteiger partial charge in [-0.25, -0.2) is 0 Å². The molecule has 0 fully saturated rings. The molecule has 0 atom stereocenters. The highest BCUT2D eigenvalue weighted by molar-refractivity contribution is 9.12. The van der Waals surface area contributed by atoms with Gasteiger partial charge in [0.1, 0.15) is 0 Å². The van der Waals surface area contributed by atoms with Gasteiger partial charge < -0.3 is 4.90 Å². The molecule has 0 radical (unpaired) electrons. The van der Waals surface area contributed by atoms with E-state index in [0.29, 0.717) is 0 Å². The Morgan fingerprint density at radius 1 is 0.750 bits per heavy atom. The maximum atomic E-state index is 3.58. The Balaban J connectivity index is 1.80. The lowest BCUT2D eigenvalue weighted by atomic mass is 9.88. The molecule has 0 saturated carbocycles. The van der Waals surface area contributed by atoms with Crippen molar-refractivity contribution in [1.82, 2.24) is 0 Å². The van der Waals surface area contributed by atoms with E-state index in [0.717, 1.165) is 15.4 Å². The van der Waals surface area contributed by atoms with Crippen molar-refractivity contribution in [2.45, 2.75) is 19.3 Å². The minimum atomic E-state index is 0.918. The molecule has 2 aliphatic carbocycles. The molecule has 3 heteroatoms. The van der Waals surface area contributed by atoms with Crippen LogP contribution in [0.4, 0.5) is 11.4 Å². The first kappa shape index (κ1) is 15.9. The fraction of sp³-hybridized carbons (Fsp3) is 0.143. The van der Waals surface area contributed by atoms with Crippen LogP contribution in [-0.2, 0) is 12.8 Å². The van der Waals surface area contributed by atoms with Gasteiger partial charge in [-0.2, -0.15) is 0 Å². The van der Waals surface area contributed by atoms with E-state index in [1.807, 2.05) is 0 Å². The lowest BCUT2D eigenvalue weighted by Crippen LogP contribution is -2.17. The topological polar surface area (TPSA) is 3.24 Å². The summed E-state index contributed by atoms with van der Waals surface area (Å²) in [5, 5.41) is 0. The van der Waals surface area contributed by atoms with Crippen molar-refractivity contribution in [2.75, 3.05) is 4.90 Å². The van der Waals surface area contributed by atoms with Crippen molar-refractivity contribution in [2.24, 2.45) is 0 Å². The SMILES string of the molecule is BrC1=CCC=C(N(c2ccc(Br)cc2)c2ccc3c(c2)CC3)C=C1. The molecule has 0 N–H and O–H groups in total. The molecular formula is C21H17Br2N. The van der Waals surface area contributed by atoms with Crippen LogP contribution < -0.4 is 4.90 Å². The van der Waals surface area contributed by atoms with Crippen molar-refractivity contribution in [3.63, 3.8) is 0 Å². The molecule has 0 bridgehead atoms. The molecule has 4 rings (SSSR count). The molecule has 120 valence electrons. The van der Waals surface area contributed by atoms with Crippen LogP contribution in [0.3, 0.4) is 0 Å². The fourth-order valence-electron chi connectivity index (χ4n) is 3.12. The van der Waals surface area contributed by atoms with Crippen LogP contribution >= 0.6 is 31.9 Å². The number of allylic oxidation sites excluding steroid dienone is 5. The number of aryl methyl sites for hydroxylation is 2. The predicted octanol–water partition coefficient (Wildman–Crippen LogP) is 6.81. The molecule has 0 unspecified atom stereocenters. The molecule has 0 saturated heterocycles. The van der Waals surface area contributed by atoms with Crippen molar-refractivity contribution >= 4 is 43.2 Å². The number of halogens is 2. The molecule has 0 aliphatic heterocycles. The van der Waals surface area contributed by atoms with E-state index in [9.17, 15) is 0 Å². The summed E-state index contributed by atoms with van der Waals surface area (Å²) < 4.78 is 2.22. The number of benzene rings is 2.